The van der Waals surface area contributed by atoms with E-state index in [0.29, 0.717) is 12.5 Å². The Morgan fingerprint density at radius 3 is 2.50 bits per heavy atom. The summed E-state index contributed by atoms with van der Waals surface area (Å²) >= 11 is 0. The number of hydrogen-bond donors (Lipinski definition) is 1. The highest BCUT2D eigenvalue weighted by atomic mass is 19.1. The summed E-state index contributed by atoms with van der Waals surface area (Å²) in [7, 11) is 0. The van der Waals surface area contributed by atoms with E-state index in [1.807, 2.05) is 44.2 Å². The Morgan fingerprint density at radius 1 is 1.18 bits per heavy atom. The molecule has 3 rings (SSSR count). The first-order valence-electron chi connectivity index (χ1n) is 9.48. The van der Waals surface area contributed by atoms with E-state index in [0.717, 1.165) is 30.5 Å². The molecule has 1 N–H and O–H groups in total. The monoisotopic (exact) mass is 386 g/mol. The molecule has 0 aromatic heterocycles. The highest BCUT2D eigenvalue weighted by Crippen LogP contribution is 2.20. The summed E-state index contributed by atoms with van der Waals surface area (Å²) in [6.07, 6.45) is 1.48. The average Bonchev–Trinajstić information content (AvgIpc) is 3.14. The van der Waals surface area contributed by atoms with Crippen molar-refractivity contribution in [2.75, 3.05) is 6.61 Å². The van der Waals surface area contributed by atoms with Crippen LogP contribution in [0.25, 0.3) is 0 Å². The predicted octanol–water partition coefficient (Wildman–Crippen LogP) is 4.15. The average molecular weight is 386 g/mol. The van der Waals surface area contributed by atoms with Crippen molar-refractivity contribution in [3.8, 4) is 0 Å². The summed E-state index contributed by atoms with van der Waals surface area (Å²) in [6, 6.07) is 12.7. The SMILES string of the molecule is CCC(C)C(NC(=O)c1c(F)cccc1F)C1=N[C@@H](Cc2ccccc2)CO1. The molecule has 0 bridgehead atoms. The van der Waals surface area contributed by atoms with Gasteiger partial charge in [0, 0.05) is 0 Å². The van der Waals surface area contributed by atoms with E-state index in [2.05, 4.69) is 10.3 Å². The zero-order chi connectivity index (χ0) is 20.1. The number of carbonyl (C=O) groups excluding carboxylic acids is 1. The molecule has 2 unspecified atom stereocenters. The van der Waals surface area contributed by atoms with Gasteiger partial charge in [-0.2, -0.15) is 0 Å². The van der Waals surface area contributed by atoms with Crippen molar-refractivity contribution in [1.29, 1.82) is 0 Å². The Kier molecular flexibility index (Phi) is 6.39. The first-order chi connectivity index (χ1) is 13.5. The van der Waals surface area contributed by atoms with E-state index in [9.17, 15) is 13.6 Å². The molecule has 1 amide bonds. The van der Waals surface area contributed by atoms with Crippen LogP contribution in [0.4, 0.5) is 8.78 Å². The van der Waals surface area contributed by atoms with Gasteiger partial charge < -0.3 is 10.1 Å². The van der Waals surface area contributed by atoms with Crippen LogP contribution in [0, 0.1) is 17.6 Å². The third-order valence-electron chi connectivity index (χ3n) is 5.00. The molecule has 1 aliphatic rings. The number of aliphatic imine (C=N–C) groups is 1. The Balaban J connectivity index is 1.77. The molecule has 4 nitrogen and oxygen atoms in total. The van der Waals surface area contributed by atoms with Crippen LogP contribution >= 0.6 is 0 Å². The van der Waals surface area contributed by atoms with Crippen LogP contribution in [0.3, 0.4) is 0 Å². The van der Waals surface area contributed by atoms with Crippen molar-refractivity contribution in [2.45, 2.75) is 38.8 Å². The number of amides is 1. The van der Waals surface area contributed by atoms with Gasteiger partial charge in [0.1, 0.15) is 29.8 Å². The lowest BCUT2D eigenvalue weighted by atomic mass is 9.98. The molecule has 3 atom stereocenters. The lowest BCUT2D eigenvalue weighted by molar-refractivity contribution is 0.0924. The molecular weight excluding hydrogens is 362 g/mol. The number of ether oxygens (including phenoxy) is 1. The first kappa shape index (κ1) is 20.0. The molecular formula is C22H24F2N2O2. The fraction of sp³-hybridized carbons (Fsp3) is 0.364. The van der Waals surface area contributed by atoms with Gasteiger partial charge in [-0.3, -0.25) is 4.79 Å². The minimum Gasteiger partial charge on any atom is -0.477 e. The molecule has 148 valence electrons. The lowest BCUT2D eigenvalue weighted by Gasteiger charge is -2.23. The second kappa shape index (κ2) is 8.95. The highest BCUT2D eigenvalue weighted by Gasteiger charge is 2.32. The molecule has 1 aliphatic heterocycles. The number of hydrogen-bond acceptors (Lipinski definition) is 3. The van der Waals surface area contributed by atoms with Gasteiger partial charge >= 0.3 is 0 Å². The van der Waals surface area contributed by atoms with E-state index in [1.54, 1.807) is 0 Å². The van der Waals surface area contributed by atoms with Gasteiger partial charge in [0.2, 0.25) is 5.90 Å². The topological polar surface area (TPSA) is 50.7 Å². The van der Waals surface area contributed by atoms with Gasteiger partial charge in [0.15, 0.2) is 0 Å². The van der Waals surface area contributed by atoms with E-state index in [4.69, 9.17) is 4.74 Å². The number of rotatable bonds is 7. The zero-order valence-electron chi connectivity index (χ0n) is 16.0. The summed E-state index contributed by atoms with van der Waals surface area (Å²) in [5.41, 5.74) is 0.564. The van der Waals surface area contributed by atoms with Crippen molar-refractivity contribution in [3.63, 3.8) is 0 Å². The number of carbonyl (C=O) groups is 1. The largest absolute Gasteiger partial charge is 0.477 e. The van der Waals surface area contributed by atoms with Crippen LogP contribution in [-0.4, -0.2) is 30.5 Å². The van der Waals surface area contributed by atoms with Gasteiger partial charge in [-0.25, -0.2) is 13.8 Å². The molecule has 0 saturated carbocycles. The summed E-state index contributed by atoms with van der Waals surface area (Å²) in [5, 5.41) is 2.72. The maximum atomic E-state index is 14.0. The molecule has 0 aliphatic carbocycles. The van der Waals surface area contributed by atoms with E-state index < -0.39 is 29.1 Å². The van der Waals surface area contributed by atoms with Gasteiger partial charge in [-0.05, 0) is 30.0 Å². The van der Waals surface area contributed by atoms with Crippen molar-refractivity contribution in [2.24, 2.45) is 10.9 Å². The highest BCUT2D eigenvalue weighted by molar-refractivity contribution is 5.98. The minimum atomic E-state index is -0.892. The van der Waals surface area contributed by atoms with Gasteiger partial charge in [0.25, 0.3) is 5.91 Å². The normalized spacial score (nSPS) is 18.1. The third-order valence-corrected chi connectivity index (χ3v) is 5.00. The summed E-state index contributed by atoms with van der Waals surface area (Å²) in [4.78, 5) is 17.2. The van der Waals surface area contributed by atoms with Crippen LogP contribution < -0.4 is 5.32 Å². The maximum absolute atomic E-state index is 14.0. The van der Waals surface area contributed by atoms with Crippen LogP contribution in [0.1, 0.15) is 36.2 Å². The quantitative estimate of drug-likeness (QED) is 0.777. The smallest absolute Gasteiger partial charge is 0.257 e. The van der Waals surface area contributed by atoms with Crippen molar-refractivity contribution < 1.29 is 18.3 Å². The van der Waals surface area contributed by atoms with E-state index >= 15 is 0 Å². The summed E-state index contributed by atoms with van der Waals surface area (Å²) < 4.78 is 33.7. The molecule has 2 aromatic carbocycles. The summed E-state index contributed by atoms with van der Waals surface area (Å²) in [5.74, 6) is -2.18. The zero-order valence-corrected chi connectivity index (χ0v) is 16.0. The second-order valence-corrected chi connectivity index (χ2v) is 7.06. The van der Waals surface area contributed by atoms with E-state index in [-0.39, 0.29) is 12.0 Å². The minimum absolute atomic E-state index is 0.00647. The Hall–Kier alpha value is -2.76. The van der Waals surface area contributed by atoms with Gasteiger partial charge in [0.05, 0.1) is 6.04 Å². The molecule has 0 radical (unpaired) electrons. The fourth-order valence-corrected chi connectivity index (χ4v) is 3.21. The van der Waals surface area contributed by atoms with Crippen molar-refractivity contribution in [1.82, 2.24) is 5.32 Å². The molecule has 0 spiro atoms. The Morgan fingerprint density at radius 2 is 1.86 bits per heavy atom. The van der Waals surface area contributed by atoms with Crippen molar-refractivity contribution in [3.05, 3.63) is 71.3 Å². The van der Waals surface area contributed by atoms with Crippen LogP contribution in [0.15, 0.2) is 53.5 Å². The molecule has 28 heavy (non-hydrogen) atoms. The van der Waals surface area contributed by atoms with Gasteiger partial charge in [-0.1, -0.05) is 56.7 Å². The number of nitrogens with one attached hydrogen (secondary N) is 1. The van der Waals surface area contributed by atoms with Crippen molar-refractivity contribution >= 4 is 11.8 Å². The first-order valence-corrected chi connectivity index (χ1v) is 9.48. The van der Waals surface area contributed by atoms with Crippen LogP contribution in [-0.2, 0) is 11.2 Å². The maximum Gasteiger partial charge on any atom is 0.257 e. The molecule has 2 aromatic rings. The summed E-state index contributed by atoms with van der Waals surface area (Å²) in [6.45, 7) is 4.34. The second-order valence-electron chi connectivity index (χ2n) is 7.06. The third kappa shape index (κ3) is 4.55. The Labute approximate surface area is 163 Å². The Bertz CT molecular complexity index is 835. The predicted molar refractivity (Wildman–Crippen MR) is 104 cm³/mol. The molecule has 6 heteroatoms. The molecule has 0 saturated heterocycles. The lowest BCUT2D eigenvalue weighted by Crippen LogP contribution is -2.45. The van der Waals surface area contributed by atoms with Crippen LogP contribution in [0.5, 0.6) is 0 Å². The molecule has 1 heterocycles. The van der Waals surface area contributed by atoms with Gasteiger partial charge in [-0.15, -0.1) is 0 Å². The number of halogens is 2. The number of benzene rings is 2. The molecule has 0 fully saturated rings. The standard InChI is InChI=1S/C22H24F2N2O2/c1-3-14(2)20(26-21(27)19-17(23)10-7-11-18(19)24)22-25-16(13-28-22)12-15-8-5-4-6-9-15/h4-11,14,16,20H,3,12-13H2,1-2H3,(H,26,27)/t14?,16-,20?/m0/s1. The fourth-order valence-electron chi connectivity index (χ4n) is 3.21. The van der Waals surface area contributed by atoms with Crippen LogP contribution in [0.2, 0.25) is 0 Å². The number of nitrogens with zero attached hydrogens (tertiary/aromatic N) is 1. The van der Waals surface area contributed by atoms with E-state index in [1.165, 1.54) is 6.07 Å².